The standard InChI is InChI=1S/4H3N.4O.Os/h4*1H3;;;;;/q;;;;;;;;-4/p+4. The predicted molar refractivity (Wildman–Crippen MR) is 26.7 cm³/mol. The van der Waals surface area contributed by atoms with Crippen molar-refractivity contribution in [2.24, 2.45) is 0 Å². The van der Waals surface area contributed by atoms with Gasteiger partial charge in [0.1, 0.15) is 0 Å². The molecule has 0 aliphatic heterocycles. The van der Waals surface area contributed by atoms with Crippen molar-refractivity contribution in [1.82, 2.24) is 24.6 Å². The normalized spacial score (nSPS) is 8.00. The summed E-state index contributed by atoms with van der Waals surface area (Å²) in [5, 5.41) is 0. The number of rotatable bonds is 0. The van der Waals surface area contributed by atoms with Crippen LogP contribution in [0.5, 0.6) is 0 Å². The Bertz CT molecular complexity index is 164. The molecule has 0 saturated heterocycles. The van der Waals surface area contributed by atoms with E-state index in [-0.39, 0.29) is 24.6 Å². The SMILES string of the molecule is [NH4+].[NH4+].[NH4+].[NH4+].[O]=[Os-4](=[O])(=[O])=[O]. The van der Waals surface area contributed by atoms with E-state index in [1.54, 1.807) is 0 Å². The topological polar surface area (TPSA) is 214 Å². The molecule has 0 radical (unpaired) electrons. The Morgan fingerprint density at radius 1 is 0.556 bits per heavy atom. The average Bonchev–Trinajstić information content (AvgIpc) is 0.722. The van der Waals surface area contributed by atoms with Crippen LogP contribution in [0.2, 0.25) is 0 Å². The monoisotopic (exact) mass is 328 g/mol. The van der Waals surface area contributed by atoms with Crippen molar-refractivity contribution in [2.45, 2.75) is 0 Å². The van der Waals surface area contributed by atoms with E-state index in [0.29, 0.717) is 0 Å². The van der Waals surface area contributed by atoms with Gasteiger partial charge in [0.25, 0.3) is 0 Å². The molecule has 0 unspecified atom stereocenters. The molecule has 0 heterocycles. The molecular formula is H16N4O4Os. The first kappa shape index (κ1) is 37.8. The average molecular weight is 326 g/mol. The molecule has 0 fully saturated rings. The van der Waals surface area contributed by atoms with Crippen LogP contribution in [0.3, 0.4) is 0 Å². The van der Waals surface area contributed by atoms with Gasteiger partial charge in [-0.3, -0.25) is 0 Å². The molecular weight excluding hydrogens is 310 g/mol. The van der Waals surface area contributed by atoms with Crippen LogP contribution in [0, 0.1) is 0 Å². The number of quaternary nitrogens is 4. The summed E-state index contributed by atoms with van der Waals surface area (Å²) in [5.74, 6) is 0. The summed E-state index contributed by atoms with van der Waals surface area (Å²) in [5.41, 5.74) is 0. The summed E-state index contributed by atoms with van der Waals surface area (Å²) in [6, 6.07) is 0. The summed E-state index contributed by atoms with van der Waals surface area (Å²) in [6.45, 7) is 0. The fourth-order valence-electron chi connectivity index (χ4n) is 0. The Kier molecular flexibility index (Phi) is 44.6. The molecule has 0 aromatic carbocycles. The fourth-order valence-corrected chi connectivity index (χ4v) is 0. The molecule has 0 saturated carbocycles. The third-order valence-electron chi connectivity index (χ3n) is 0. The molecule has 8 nitrogen and oxygen atoms in total. The molecule has 16 N–H and O–H groups in total. The van der Waals surface area contributed by atoms with Crippen LogP contribution in [0.25, 0.3) is 0 Å². The Hall–Kier alpha value is -0.324. The van der Waals surface area contributed by atoms with Crippen molar-refractivity contribution in [1.29, 1.82) is 0 Å². The molecule has 0 aliphatic rings. The van der Waals surface area contributed by atoms with Gasteiger partial charge in [-0.05, 0) is 0 Å². The van der Waals surface area contributed by atoms with Crippen molar-refractivity contribution >= 4 is 0 Å². The molecule has 9 heteroatoms. The van der Waals surface area contributed by atoms with Gasteiger partial charge in [0.2, 0.25) is 0 Å². The Morgan fingerprint density at radius 2 is 0.556 bits per heavy atom. The molecule has 0 aromatic rings. The quantitative estimate of drug-likeness (QED) is 0.512. The molecule has 0 aromatic heterocycles. The fraction of sp³-hybridized carbons (Fsp3) is 0. The minimum absolute atomic E-state index is 0. The molecule has 0 amide bonds. The molecule has 0 rings (SSSR count). The van der Waals surface area contributed by atoms with Crippen molar-refractivity contribution < 1.29 is 29.0 Å². The Morgan fingerprint density at radius 3 is 0.556 bits per heavy atom. The first-order chi connectivity index (χ1) is 2.00. The van der Waals surface area contributed by atoms with E-state index < -0.39 is 14.8 Å². The van der Waals surface area contributed by atoms with Crippen LogP contribution in [0.4, 0.5) is 0 Å². The summed E-state index contributed by atoms with van der Waals surface area (Å²) in [4.78, 5) is 0. The molecule has 0 spiro atoms. The van der Waals surface area contributed by atoms with E-state index in [0.717, 1.165) is 0 Å². The zero-order valence-electron chi connectivity index (χ0n) is 5.99. The van der Waals surface area contributed by atoms with Crippen LogP contribution < -0.4 is 24.6 Å². The van der Waals surface area contributed by atoms with Crippen LogP contribution in [0.15, 0.2) is 0 Å². The van der Waals surface area contributed by atoms with Crippen molar-refractivity contribution in [3.8, 4) is 0 Å². The second-order valence-electron chi connectivity index (χ2n) is 0.354. The number of hydrogen-bond acceptors (Lipinski definition) is 4. The summed E-state index contributed by atoms with van der Waals surface area (Å²) in [7, 11) is 0. The molecule has 68 valence electrons. The van der Waals surface area contributed by atoms with Crippen LogP contribution in [-0.4, -0.2) is 0 Å². The van der Waals surface area contributed by atoms with E-state index in [1.807, 2.05) is 0 Å². The summed E-state index contributed by atoms with van der Waals surface area (Å²) >= 11 is -6.06. The first-order valence-corrected chi connectivity index (χ1v) is 4.73. The van der Waals surface area contributed by atoms with Gasteiger partial charge in [0.05, 0.1) is 0 Å². The van der Waals surface area contributed by atoms with Crippen molar-refractivity contribution in [3.05, 3.63) is 0 Å². The van der Waals surface area contributed by atoms with Gasteiger partial charge in [0, 0.05) is 0 Å². The predicted octanol–water partition coefficient (Wildman–Crippen LogP) is 1.03. The van der Waals surface area contributed by atoms with Crippen LogP contribution in [0.1, 0.15) is 0 Å². The van der Waals surface area contributed by atoms with E-state index in [2.05, 4.69) is 0 Å². The second kappa shape index (κ2) is 10.6. The number of hydrogen-bond donors (Lipinski definition) is 4. The zero-order valence-corrected chi connectivity index (χ0v) is 8.53. The van der Waals surface area contributed by atoms with Crippen LogP contribution in [-0.2, 0) is 29.0 Å². The molecule has 0 aliphatic carbocycles. The third-order valence-corrected chi connectivity index (χ3v) is 0. The van der Waals surface area contributed by atoms with Gasteiger partial charge in [-0.25, -0.2) is 0 Å². The Balaban J connectivity index is -0.0000000133. The van der Waals surface area contributed by atoms with Gasteiger partial charge >= 0.3 is 29.0 Å². The van der Waals surface area contributed by atoms with Gasteiger partial charge in [0.15, 0.2) is 0 Å². The van der Waals surface area contributed by atoms with Crippen molar-refractivity contribution in [2.75, 3.05) is 0 Å². The second-order valence-corrected chi connectivity index (χ2v) is 2.89. The third kappa shape index (κ3) is 2360. The molecule has 0 atom stereocenters. The van der Waals surface area contributed by atoms with Crippen molar-refractivity contribution in [3.63, 3.8) is 0 Å². The first-order valence-electron chi connectivity index (χ1n) is 0.577. The van der Waals surface area contributed by atoms with Gasteiger partial charge in [-0.1, -0.05) is 0 Å². The molecule has 9 heavy (non-hydrogen) atoms. The Labute approximate surface area is 54.3 Å². The summed E-state index contributed by atoms with van der Waals surface area (Å²) < 4.78 is 34.5. The zero-order chi connectivity index (χ0) is 4.50. The van der Waals surface area contributed by atoms with E-state index >= 15 is 0 Å². The van der Waals surface area contributed by atoms with Gasteiger partial charge in [-0.2, -0.15) is 0 Å². The van der Waals surface area contributed by atoms with Gasteiger partial charge < -0.3 is 24.6 Å². The van der Waals surface area contributed by atoms with E-state index in [1.165, 1.54) is 0 Å². The molecule has 0 bridgehead atoms. The van der Waals surface area contributed by atoms with Gasteiger partial charge in [-0.15, -0.1) is 0 Å². The van der Waals surface area contributed by atoms with Crippen LogP contribution >= 0.6 is 0 Å². The maximum absolute atomic E-state index is 8.63. The minimum atomic E-state index is -6.06. The van der Waals surface area contributed by atoms with E-state index in [9.17, 15) is 0 Å². The maximum atomic E-state index is 8.63. The summed E-state index contributed by atoms with van der Waals surface area (Å²) in [6.07, 6.45) is 0. The van der Waals surface area contributed by atoms with E-state index in [4.69, 9.17) is 14.2 Å².